The Kier molecular flexibility index (Phi) is 6.40. The molecule has 0 saturated heterocycles. The zero-order valence-electron chi connectivity index (χ0n) is 13.4. The van der Waals surface area contributed by atoms with E-state index in [2.05, 4.69) is 20.9 Å². The number of hydrogen-bond acceptors (Lipinski definition) is 2. The first-order chi connectivity index (χ1) is 12.1. The van der Waals surface area contributed by atoms with E-state index in [1.54, 1.807) is 12.3 Å². The second-order valence-electron chi connectivity index (χ2n) is 5.69. The molecule has 0 aliphatic heterocycles. The van der Waals surface area contributed by atoms with Crippen LogP contribution < -0.4 is 4.74 Å². The van der Waals surface area contributed by atoms with E-state index >= 15 is 0 Å². The van der Waals surface area contributed by atoms with Gasteiger partial charge in [0.1, 0.15) is 5.75 Å². The minimum absolute atomic E-state index is 0.196. The van der Waals surface area contributed by atoms with Gasteiger partial charge in [0.15, 0.2) is 0 Å². The van der Waals surface area contributed by atoms with Gasteiger partial charge in [-0.2, -0.15) is 0 Å². The molecule has 0 aliphatic carbocycles. The van der Waals surface area contributed by atoms with Gasteiger partial charge in [0.2, 0.25) is 0 Å². The molecule has 0 N–H and O–H groups in total. The Bertz CT molecular complexity index is 824. The van der Waals surface area contributed by atoms with Crippen molar-refractivity contribution in [3.8, 4) is 5.75 Å². The third-order valence-electron chi connectivity index (χ3n) is 3.95. The van der Waals surface area contributed by atoms with Crippen LogP contribution in [0.15, 0.2) is 65.7 Å². The van der Waals surface area contributed by atoms with Gasteiger partial charge in [-0.25, -0.2) is 4.98 Å². The fourth-order valence-electron chi connectivity index (χ4n) is 2.70. The predicted molar refractivity (Wildman–Crippen MR) is 106 cm³/mol. The Morgan fingerprint density at radius 2 is 2.00 bits per heavy atom. The van der Waals surface area contributed by atoms with E-state index in [-0.39, 0.29) is 5.92 Å². The molecule has 1 heterocycles. The smallest absolute Gasteiger partial charge is 0.133 e. The highest BCUT2D eigenvalue weighted by Crippen LogP contribution is 2.31. The molecule has 0 aliphatic rings. The minimum Gasteiger partial charge on any atom is -0.492 e. The molecule has 0 amide bonds. The lowest BCUT2D eigenvalue weighted by Gasteiger charge is -2.20. The normalized spacial score (nSPS) is 12.1. The molecule has 0 unspecified atom stereocenters. The van der Waals surface area contributed by atoms with Gasteiger partial charge in [0.05, 0.1) is 17.4 Å². The molecular formula is C19H17BrCl2N2O. The molecule has 6 heteroatoms. The fourth-order valence-corrected chi connectivity index (χ4v) is 3.66. The summed E-state index contributed by atoms with van der Waals surface area (Å²) >= 11 is 16.0. The van der Waals surface area contributed by atoms with E-state index in [0.717, 1.165) is 28.8 Å². The van der Waals surface area contributed by atoms with E-state index in [1.807, 2.05) is 53.5 Å². The summed E-state index contributed by atoms with van der Waals surface area (Å²) in [6, 6.07) is 13.5. The Labute approximate surface area is 165 Å². The molecule has 0 fully saturated rings. The molecule has 1 atom stereocenters. The summed E-state index contributed by atoms with van der Waals surface area (Å²) in [7, 11) is 0. The molecule has 3 nitrogen and oxygen atoms in total. The van der Waals surface area contributed by atoms with E-state index in [9.17, 15) is 0 Å². The Morgan fingerprint density at radius 1 is 1.16 bits per heavy atom. The monoisotopic (exact) mass is 438 g/mol. The second kappa shape index (κ2) is 8.75. The third kappa shape index (κ3) is 5.00. The highest BCUT2D eigenvalue weighted by atomic mass is 79.9. The van der Waals surface area contributed by atoms with Crippen LogP contribution in [-0.4, -0.2) is 16.2 Å². The number of halogens is 3. The zero-order valence-corrected chi connectivity index (χ0v) is 16.5. The number of rotatable bonds is 7. The zero-order chi connectivity index (χ0) is 17.6. The quantitative estimate of drug-likeness (QED) is 0.437. The molecule has 0 bridgehead atoms. The molecular weight excluding hydrogens is 423 g/mol. The standard InChI is InChI=1S/C19H17BrCl2N2O/c20-17-3-1-2-4-19(17)25-10-7-14(12-24-9-8-23-13-24)16-6-5-15(21)11-18(16)22/h1-6,8-9,11,13-14H,7,10,12H2/t14-/m0/s1. The van der Waals surface area contributed by atoms with Gasteiger partial charge in [-0.15, -0.1) is 0 Å². The van der Waals surface area contributed by atoms with Crippen molar-refractivity contribution < 1.29 is 4.74 Å². The summed E-state index contributed by atoms with van der Waals surface area (Å²) in [4.78, 5) is 4.12. The largest absolute Gasteiger partial charge is 0.492 e. The number of aromatic nitrogens is 2. The summed E-state index contributed by atoms with van der Waals surface area (Å²) in [6.45, 7) is 1.36. The summed E-state index contributed by atoms with van der Waals surface area (Å²) < 4.78 is 8.93. The number of para-hydroxylation sites is 1. The number of hydrogen-bond donors (Lipinski definition) is 0. The first-order valence-electron chi connectivity index (χ1n) is 7.91. The first kappa shape index (κ1) is 18.3. The fraction of sp³-hybridized carbons (Fsp3) is 0.211. The Hall–Kier alpha value is -1.49. The number of nitrogens with zero attached hydrogens (tertiary/aromatic N) is 2. The van der Waals surface area contributed by atoms with E-state index in [0.29, 0.717) is 16.7 Å². The SMILES string of the molecule is Clc1ccc([C@@H](CCOc2ccccc2Br)Cn2ccnc2)c(Cl)c1. The molecule has 130 valence electrons. The molecule has 3 rings (SSSR count). The molecule has 0 spiro atoms. The third-order valence-corrected chi connectivity index (χ3v) is 5.17. The van der Waals surface area contributed by atoms with Crippen LogP contribution in [0.3, 0.4) is 0 Å². The predicted octanol–water partition coefficient (Wildman–Crippen LogP) is 6.21. The van der Waals surface area contributed by atoms with Gasteiger partial charge < -0.3 is 9.30 Å². The molecule has 1 aromatic heterocycles. The summed E-state index contributed by atoms with van der Waals surface area (Å²) in [5.41, 5.74) is 1.07. The topological polar surface area (TPSA) is 27.1 Å². The van der Waals surface area contributed by atoms with Crippen LogP contribution in [0, 0.1) is 0 Å². The molecule has 3 aromatic rings. The lowest BCUT2D eigenvalue weighted by Crippen LogP contribution is -2.13. The maximum absolute atomic E-state index is 6.43. The van der Waals surface area contributed by atoms with Crippen molar-refractivity contribution in [3.05, 3.63) is 81.3 Å². The van der Waals surface area contributed by atoms with Gasteiger partial charge in [0, 0.05) is 34.9 Å². The molecule has 0 radical (unpaired) electrons. The van der Waals surface area contributed by atoms with Gasteiger partial charge >= 0.3 is 0 Å². The highest BCUT2D eigenvalue weighted by Gasteiger charge is 2.16. The van der Waals surface area contributed by atoms with Crippen LogP contribution in [0.2, 0.25) is 10.0 Å². The second-order valence-corrected chi connectivity index (χ2v) is 7.39. The van der Waals surface area contributed by atoms with Crippen LogP contribution in [-0.2, 0) is 6.54 Å². The van der Waals surface area contributed by atoms with Crippen molar-refractivity contribution in [1.82, 2.24) is 9.55 Å². The Balaban J connectivity index is 1.73. The maximum atomic E-state index is 6.43. The van der Waals surface area contributed by atoms with E-state index < -0.39 is 0 Å². The maximum Gasteiger partial charge on any atom is 0.133 e. The van der Waals surface area contributed by atoms with Crippen molar-refractivity contribution in [3.63, 3.8) is 0 Å². The van der Waals surface area contributed by atoms with E-state index in [4.69, 9.17) is 27.9 Å². The van der Waals surface area contributed by atoms with E-state index in [1.165, 1.54) is 0 Å². The summed E-state index contributed by atoms with van der Waals surface area (Å²) in [5.74, 6) is 1.03. The van der Waals surface area contributed by atoms with Crippen LogP contribution in [0.4, 0.5) is 0 Å². The van der Waals surface area contributed by atoms with Crippen molar-refractivity contribution in [2.75, 3.05) is 6.61 Å². The number of ether oxygens (including phenoxy) is 1. The van der Waals surface area contributed by atoms with Crippen molar-refractivity contribution >= 4 is 39.1 Å². The first-order valence-corrected chi connectivity index (χ1v) is 9.46. The van der Waals surface area contributed by atoms with Gasteiger partial charge in [-0.1, -0.05) is 41.4 Å². The average molecular weight is 440 g/mol. The number of imidazole rings is 1. The molecule has 25 heavy (non-hydrogen) atoms. The summed E-state index contributed by atoms with van der Waals surface area (Å²) in [5, 5.41) is 1.32. The van der Waals surface area contributed by atoms with Gasteiger partial charge in [-0.05, 0) is 52.2 Å². The van der Waals surface area contributed by atoms with Crippen LogP contribution in [0.5, 0.6) is 5.75 Å². The average Bonchev–Trinajstić information content (AvgIpc) is 3.09. The van der Waals surface area contributed by atoms with Gasteiger partial charge in [0.25, 0.3) is 0 Å². The molecule has 0 saturated carbocycles. The van der Waals surface area contributed by atoms with Crippen molar-refractivity contribution in [2.45, 2.75) is 18.9 Å². The molecule has 2 aromatic carbocycles. The lowest BCUT2D eigenvalue weighted by atomic mass is 9.95. The Morgan fingerprint density at radius 3 is 2.72 bits per heavy atom. The minimum atomic E-state index is 0.196. The lowest BCUT2D eigenvalue weighted by molar-refractivity contribution is 0.289. The van der Waals surface area contributed by atoms with Gasteiger partial charge in [-0.3, -0.25) is 0 Å². The van der Waals surface area contributed by atoms with Crippen LogP contribution in [0.1, 0.15) is 17.9 Å². The van der Waals surface area contributed by atoms with Crippen molar-refractivity contribution in [2.24, 2.45) is 0 Å². The van der Waals surface area contributed by atoms with Crippen LogP contribution >= 0.6 is 39.1 Å². The van der Waals surface area contributed by atoms with Crippen LogP contribution in [0.25, 0.3) is 0 Å². The summed E-state index contributed by atoms with van der Waals surface area (Å²) in [6.07, 6.45) is 6.36. The van der Waals surface area contributed by atoms with Crippen molar-refractivity contribution in [1.29, 1.82) is 0 Å². The number of benzene rings is 2. The highest BCUT2D eigenvalue weighted by molar-refractivity contribution is 9.10.